The van der Waals surface area contributed by atoms with Gasteiger partial charge in [-0.2, -0.15) is 0 Å². The van der Waals surface area contributed by atoms with E-state index in [1.165, 1.54) is 40.4 Å². The van der Waals surface area contributed by atoms with Crippen molar-refractivity contribution in [3.8, 4) is 11.5 Å². The van der Waals surface area contributed by atoms with Crippen molar-refractivity contribution in [2.45, 2.75) is 31.2 Å². The number of rotatable bonds is 9. The Labute approximate surface area is 188 Å². The highest BCUT2D eigenvalue weighted by Crippen LogP contribution is 2.27. The van der Waals surface area contributed by atoms with Gasteiger partial charge in [-0.25, -0.2) is 12.7 Å². The van der Waals surface area contributed by atoms with E-state index in [4.69, 9.17) is 9.47 Å². The van der Waals surface area contributed by atoms with Gasteiger partial charge in [0.05, 0.1) is 25.5 Å². The first-order valence-electron chi connectivity index (χ1n) is 9.84. The maximum Gasteiger partial charge on any atom is 0.246 e. The Kier molecular flexibility index (Phi) is 8.23. The van der Waals surface area contributed by atoms with E-state index in [0.717, 1.165) is 4.31 Å². The predicted molar refractivity (Wildman–Crippen MR) is 122 cm³/mol. The van der Waals surface area contributed by atoms with Gasteiger partial charge in [0.1, 0.15) is 6.04 Å². The van der Waals surface area contributed by atoms with Crippen LogP contribution in [-0.4, -0.2) is 58.9 Å². The monoisotopic (exact) mass is 463 g/mol. The van der Waals surface area contributed by atoms with Gasteiger partial charge in [0.2, 0.25) is 21.8 Å². The van der Waals surface area contributed by atoms with E-state index in [-0.39, 0.29) is 17.2 Å². The SMILES string of the molecule is COc1ccc(CC(=O)N[C@H](C)C(=O)Nc2cc(S(=O)(=O)N(C)C)ccc2C)cc1OC. The molecule has 0 bridgehead atoms. The second kappa shape index (κ2) is 10.5. The van der Waals surface area contributed by atoms with Crippen LogP contribution in [0.25, 0.3) is 0 Å². The molecule has 0 aromatic heterocycles. The van der Waals surface area contributed by atoms with Gasteiger partial charge in [0.15, 0.2) is 11.5 Å². The van der Waals surface area contributed by atoms with Crippen molar-refractivity contribution in [2.75, 3.05) is 33.6 Å². The lowest BCUT2D eigenvalue weighted by molar-refractivity contribution is -0.125. The van der Waals surface area contributed by atoms with Gasteiger partial charge in [-0.3, -0.25) is 9.59 Å². The minimum atomic E-state index is -3.64. The van der Waals surface area contributed by atoms with Crippen LogP contribution in [-0.2, 0) is 26.0 Å². The summed E-state index contributed by atoms with van der Waals surface area (Å²) in [5, 5.41) is 5.34. The molecule has 9 nitrogen and oxygen atoms in total. The number of anilines is 1. The lowest BCUT2D eigenvalue weighted by Gasteiger charge is -2.17. The molecular weight excluding hydrogens is 434 g/mol. The molecule has 0 aliphatic heterocycles. The number of sulfonamides is 1. The molecular formula is C22H29N3O6S. The second-order valence-electron chi connectivity index (χ2n) is 7.41. The van der Waals surface area contributed by atoms with Crippen molar-refractivity contribution in [2.24, 2.45) is 0 Å². The first-order chi connectivity index (χ1) is 15.0. The molecule has 0 fully saturated rings. The van der Waals surface area contributed by atoms with E-state index in [0.29, 0.717) is 28.3 Å². The summed E-state index contributed by atoms with van der Waals surface area (Å²) in [7, 11) is 2.26. The zero-order chi connectivity index (χ0) is 24.1. The molecule has 0 radical (unpaired) electrons. The zero-order valence-electron chi connectivity index (χ0n) is 19.1. The quantitative estimate of drug-likeness (QED) is 0.588. The van der Waals surface area contributed by atoms with Crippen LogP contribution in [0, 0.1) is 6.92 Å². The molecule has 2 rings (SSSR count). The minimum Gasteiger partial charge on any atom is -0.493 e. The number of hydrogen-bond donors (Lipinski definition) is 2. The molecule has 2 amide bonds. The summed E-state index contributed by atoms with van der Waals surface area (Å²) in [6, 6.07) is 8.81. The van der Waals surface area contributed by atoms with Crippen LogP contribution >= 0.6 is 0 Å². The first-order valence-corrected chi connectivity index (χ1v) is 11.3. The average molecular weight is 464 g/mol. The summed E-state index contributed by atoms with van der Waals surface area (Å²) in [6.07, 6.45) is 0.0492. The molecule has 0 spiro atoms. The fourth-order valence-electron chi connectivity index (χ4n) is 2.88. The largest absolute Gasteiger partial charge is 0.493 e. The van der Waals surface area contributed by atoms with Crippen molar-refractivity contribution in [1.29, 1.82) is 0 Å². The third kappa shape index (κ3) is 5.98. The Morgan fingerprint density at radius 3 is 2.28 bits per heavy atom. The van der Waals surface area contributed by atoms with Crippen LogP contribution in [0.1, 0.15) is 18.1 Å². The molecule has 0 unspecified atom stereocenters. The Morgan fingerprint density at radius 2 is 1.69 bits per heavy atom. The first kappa shape index (κ1) is 25.2. The molecule has 0 aliphatic carbocycles. The maximum absolute atomic E-state index is 12.6. The van der Waals surface area contributed by atoms with E-state index < -0.39 is 22.0 Å². The fourth-order valence-corrected chi connectivity index (χ4v) is 3.81. The molecule has 1 atom stereocenters. The number of hydrogen-bond acceptors (Lipinski definition) is 6. The van der Waals surface area contributed by atoms with Crippen LogP contribution in [0.4, 0.5) is 5.69 Å². The normalized spacial score (nSPS) is 12.2. The van der Waals surface area contributed by atoms with Gasteiger partial charge in [-0.1, -0.05) is 12.1 Å². The Bertz CT molecular complexity index is 1100. The van der Waals surface area contributed by atoms with Gasteiger partial charge in [0.25, 0.3) is 0 Å². The highest BCUT2D eigenvalue weighted by atomic mass is 32.2. The van der Waals surface area contributed by atoms with Crippen LogP contribution in [0.3, 0.4) is 0 Å². The van der Waals surface area contributed by atoms with E-state index in [2.05, 4.69) is 10.6 Å². The van der Waals surface area contributed by atoms with Gasteiger partial charge in [-0.15, -0.1) is 0 Å². The molecule has 0 aliphatic rings. The predicted octanol–water partition coefficient (Wildman–Crippen LogP) is 1.95. The molecule has 32 heavy (non-hydrogen) atoms. The number of nitrogens with zero attached hydrogens (tertiary/aromatic N) is 1. The van der Waals surface area contributed by atoms with E-state index >= 15 is 0 Å². The fraction of sp³-hybridized carbons (Fsp3) is 0.364. The van der Waals surface area contributed by atoms with Crippen LogP contribution < -0.4 is 20.1 Å². The molecule has 174 valence electrons. The number of carbonyl (C=O) groups excluding carboxylic acids is 2. The summed E-state index contributed by atoms with van der Waals surface area (Å²) >= 11 is 0. The number of nitrogens with one attached hydrogen (secondary N) is 2. The van der Waals surface area contributed by atoms with E-state index in [1.54, 1.807) is 38.1 Å². The summed E-state index contributed by atoms with van der Waals surface area (Å²) in [5.41, 5.74) is 1.75. The van der Waals surface area contributed by atoms with Crippen molar-refractivity contribution >= 4 is 27.5 Å². The van der Waals surface area contributed by atoms with Gasteiger partial charge in [-0.05, 0) is 49.2 Å². The number of benzene rings is 2. The van der Waals surface area contributed by atoms with Crippen molar-refractivity contribution in [1.82, 2.24) is 9.62 Å². The smallest absolute Gasteiger partial charge is 0.246 e. The molecule has 0 heterocycles. The third-order valence-electron chi connectivity index (χ3n) is 4.83. The molecule has 2 aromatic rings. The number of ether oxygens (including phenoxy) is 2. The topological polar surface area (TPSA) is 114 Å². The maximum atomic E-state index is 12.6. The highest BCUT2D eigenvalue weighted by molar-refractivity contribution is 7.89. The van der Waals surface area contributed by atoms with Gasteiger partial charge in [0, 0.05) is 19.8 Å². The van der Waals surface area contributed by atoms with Gasteiger partial charge >= 0.3 is 0 Å². The number of aryl methyl sites for hydroxylation is 1. The van der Waals surface area contributed by atoms with Gasteiger partial charge < -0.3 is 20.1 Å². The Hall–Kier alpha value is -3.11. The van der Waals surface area contributed by atoms with E-state index in [9.17, 15) is 18.0 Å². The molecule has 10 heteroatoms. The number of methoxy groups -OCH3 is 2. The molecule has 0 saturated carbocycles. The Morgan fingerprint density at radius 1 is 1.03 bits per heavy atom. The Balaban J connectivity index is 2.06. The summed E-state index contributed by atoms with van der Waals surface area (Å²) < 4.78 is 36.2. The van der Waals surface area contributed by atoms with Crippen molar-refractivity contribution in [3.63, 3.8) is 0 Å². The van der Waals surface area contributed by atoms with Crippen LogP contribution in [0.2, 0.25) is 0 Å². The van der Waals surface area contributed by atoms with Crippen LogP contribution in [0.5, 0.6) is 11.5 Å². The highest BCUT2D eigenvalue weighted by Gasteiger charge is 2.21. The van der Waals surface area contributed by atoms with Crippen molar-refractivity contribution < 1.29 is 27.5 Å². The lowest BCUT2D eigenvalue weighted by atomic mass is 10.1. The summed E-state index contributed by atoms with van der Waals surface area (Å²) in [4.78, 5) is 25.1. The zero-order valence-corrected chi connectivity index (χ0v) is 19.9. The summed E-state index contributed by atoms with van der Waals surface area (Å²) in [6.45, 7) is 3.31. The summed E-state index contributed by atoms with van der Waals surface area (Å²) in [5.74, 6) is 0.249. The number of carbonyl (C=O) groups is 2. The molecule has 2 N–H and O–H groups in total. The molecule has 2 aromatic carbocycles. The van der Waals surface area contributed by atoms with E-state index in [1.807, 2.05) is 0 Å². The third-order valence-corrected chi connectivity index (χ3v) is 6.64. The minimum absolute atomic E-state index is 0.0492. The lowest BCUT2D eigenvalue weighted by Crippen LogP contribution is -2.42. The number of amides is 2. The average Bonchev–Trinajstić information content (AvgIpc) is 2.74. The standard InChI is InChI=1S/C22H29N3O6S/c1-14-7-9-17(32(28,29)25(3)4)13-18(14)24-22(27)15(2)23-21(26)12-16-8-10-19(30-5)20(11-16)31-6/h7-11,13,15H,12H2,1-6H3,(H,23,26)(H,24,27)/t15-/m1/s1. The second-order valence-corrected chi connectivity index (χ2v) is 9.56. The van der Waals surface area contributed by atoms with Crippen molar-refractivity contribution in [3.05, 3.63) is 47.5 Å². The van der Waals surface area contributed by atoms with Crippen LogP contribution in [0.15, 0.2) is 41.3 Å². The molecule has 0 saturated heterocycles.